The first-order chi connectivity index (χ1) is 16.0. The summed E-state index contributed by atoms with van der Waals surface area (Å²) in [6, 6.07) is 12.5. The molecule has 0 bridgehead atoms. The van der Waals surface area contributed by atoms with E-state index in [9.17, 15) is 0 Å². The maximum atomic E-state index is 4.60. The van der Waals surface area contributed by atoms with Crippen LogP contribution in [0, 0.1) is 6.92 Å². The second-order valence-corrected chi connectivity index (χ2v) is 8.68. The van der Waals surface area contributed by atoms with Crippen molar-refractivity contribution in [2.45, 2.75) is 6.92 Å². The van der Waals surface area contributed by atoms with E-state index in [2.05, 4.69) is 78.6 Å². The second-order valence-electron chi connectivity index (χ2n) is 8.68. The summed E-state index contributed by atoms with van der Waals surface area (Å²) in [5.41, 5.74) is 4.05. The first-order valence-electron chi connectivity index (χ1n) is 11.2. The molecule has 1 aromatic carbocycles. The Hall–Kier alpha value is -3.71. The molecule has 3 aromatic heterocycles. The second kappa shape index (κ2) is 8.67. The van der Waals surface area contributed by atoms with Crippen molar-refractivity contribution in [1.29, 1.82) is 0 Å². The van der Waals surface area contributed by atoms with E-state index in [0.29, 0.717) is 0 Å². The third-order valence-electron chi connectivity index (χ3n) is 6.44. The number of imidazole rings is 1. The van der Waals surface area contributed by atoms with Crippen molar-refractivity contribution in [3.63, 3.8) is 0 Å². The highest BCUT2D eigenvalue weighted by molar-refractivity contribution is 5.89. The maximum absolute atomic E-state index is 4.60. The minimum Gasteiger partial charge on any atom is -0.354 e. The number of rotatable bonds is 5. The highest BCUT2D eigenvalue weighted by atomic mass is 15.3. The van der Waals surface area contributed by atoms with Gasteiger partial charge in [0.15, 0.2) is 0 Å². The van der Waals surface area contributed by atoms with E-state index < -0.39 is 0 Å². The molecule has 33 heavy (non-hydrogen) atoms. The van der Waals surface area contributed by atoms with Crippen LogP contribution in [0.25, 0.3) is 27.7 Å². The highest BCUT2D eigenvalue weighted by Gasteiger charge is 2.16. The molecular formula is C26H29N7. The Balaban J connectivity index is 1.37. The molecule has 1 N–H and O–H groups in total. The molecule has 1 fully saturated rings. The molecule has 4 aromatic rings. The van der Waals surface area contributed by atoms with E-state index in [4.69, 9.17) is 0 Å². The summed E-state index contributed by atoms with van der Waals surface area (Å²) in [6.07, 6.45) is 5.66. The van der Waals surface area contributed by atoms with Gasteiger partial charge in [0.2, 0.25) is 0 Å². The van der Waals surface area contributed by atoms with Crippen LogP contribution in [0.2, 0.25) is 0 Å². The minimum absolute atomic E-state index is 0.767. The van der Waals surface area contributed by atoms with E-state index >= 15 is 0 Å². The molecule has 5 rings (SSSR count). The van der Waals surface area contributed by atoms with E-state index in [1.807, 2.05) is 38.6 Å². The molecule has 0 radical (unpaired) electrons. The van der Waals surface area contributed by atoms with Crippen LogP contribution in [0.5, 0.6) is 0 Å². The number of hydrogen-bond acceptors (Lipinski definition) is 6. The molecule has 0 spiro atoms. The molecule has 1 aliphatic heterocycles. The molecule has 0 unspecified atom stereocenters. The Morgan fingerprint density at radius 2 is 1.73 bits per heavy atom. The van der Waals surface area contributed by atoms with Gasteiger partial charge in [0.05, 0.1) is 11.9 Å². The van der Waals surface area contributed by atoms with E-state index in [0.717, 1.165) is 76.9 Å². The summed E-state index contributed by atoms with van der Waals surface area (Å²) < 4.78 is 2.10. The van der Waals surface area contributed by atoms with Gasteiger partial charge >= 0.3 is 0 Å². The Morgan fingerprint density at radius 3 is 2.48 bits per heavy atom. The number of benzene rings is 1. The van der Waals surface area contributed by atoms with Crippen LogP contribution < -0.4 is 10.2 Å². The quantitative estimate of drug-likeness (QED) is 0.504. The van der Waals surface area contributed by atoms with Gasteiger partial charge in [0.25, 0.3) is 0 Å². The summed E-state index contributed by atoms with van der Waals surface area (Å²) in [4.78, 5) is 18.3. The number of fused-ring (bicyclic) bond motifs is 1. The number of hydrogen-bond donors (Lipinski definition) is 1. The van der Waals surface area contributed by atoms with Gasteiger partial charge in [-0.15, -0.1) is 0 Å². The third-order valence-corrected chi connectivity index (χ3v) is 6.44. The predicted octanol–water partition coefficient (Wildman–Crippen LogP) is 4.17. The van der Waals surface area contributed by atoms with Crippen LogP contribution in [0.1, 0.15) is 11.4 Å². The normalized spacial score (nSPS) is 14.6. The number of nitrogens with zero attached hydrogens (tertiary/aromatic N) is 6. The first kappa shape index (κ1) is 21.2. The molecule has 4 heterocycles. The third kappa shape index (κ3) is 4.32. The van der Waals surface area contributed by atoms with Crippen molar-refractivity contribution in [3.05, 3.63) is 73.0 Å². The van der Waals surface area contributed by atoms with Gasteiger partial charge in [-0.2, -0.15) is 0 Å². The largest absolute Gasteiger partial charge is 0.354 e. The number of likely N-dealkylation sites (N-methyl/N-ethyl adjacent to an activating group) is 1. The lowest BCUT2D eigenvalue weighted by atomic mass is 10.1. The van der Waals surface area contributed by atoms with Crippen molar-refractivity contribution in [2.75, 3.05) is 43.4 Å². The fourth-order valence-corrected chi connectivity index (χ4v) is 4.18. The summed E-state index contributed by atoms with van der Waals surface area (Å²) in [7, 11) is 4.20. The van der Waals surface area contributed by atoms with Gasteiger partial charge < -0.3 is 19.7 Å². The van der Waals surface area contributed by atoms with Crippen molar-refractivity contribution in [3.8, 4) is 11.3 Å². The van der Waals surface area contributed by atoms with Gasteiger partial charge in [-0.1, -0.05) is 18.7 Å². The number of nitrogens with one attached hydrogen (secondary N) is 1. The molecule has 0 saturated carbocycles. The number of aromatic nitrogens is 4. The SMILES string of the molecule is C=C(Nc1cc2cc(-c3cnc(C)n3C)ccc2cn1)c1ccnc(N2CCN(C)CC2)c1. The van der Waals surface area contributed by atoms with Crippen molar-refractivity contribution < 1.29 is 0 Å². The zero-order chi connectivity index (χ0) is 22.9. The molecule has 1 aliphatic rings. The Bertz CT molecular complexity index is 1320. The van der Waals surface area contributed by atoms with Gasteiger partial charge in [0, 0.05) is 67.8 Å². The average molecular weight is 440 g/mol. The molecule has 7 nitrogen and oxygen atoms in total. The Kier molecular flexibility index (Phi) is 5.56. The summed E-state index contributed by atoms with van der Waals surface area (Å²) >= 11 is 0. The summed E-state index contributed by atoms with van der Waals surface area (Å²) in [6.45, 7) is 10.3. The van der Waals surface area contributed by atoms with Gasteiger partial charge in [-0.3, -0.25) is 0 Å². The van der Waals surface area contributed by atoms with Gasteiger partial charge in [-0.05, 0) is 43.6 Å². The molecule has 0 amide bonds. The lowest BCUT2D eigenvalue weighted by Crippen LogP contribution is -2.44. The van der Waals surface area contributed by atoms with Gasteiger partial charge in [-0.25, -0.2) is 15.0 Å². The highest BCUT2D eigenvalue weighted by Crippen LogP contribution is 2.27. The lowest BCUT2D eigenvalue weighted by Gasteiger charge is -2.33. The number of pyridine rings is 2. The van der Waals surface area contributed by atoms with E-state index in [1.165, 1.54) is 0 Å². The van der Waals surface area contributed by atoms with Crippen molar-refractivity contribution in [1.82, 2.24) is 24.4 Å². The van der Waals surface area contributed by atoms with Crippen molar-refractivity contribution in [2.24, 2.45) is 7.05 Å². The molecule has 7 heteroatoms. The topological polar surface area (TPSA) is 62.1 Å². The first-order valence-corrected chi connectivity index (χ1v) is 11.2. The molecule has 1 saturated heterocycles. The minimum atomic E-state index is 0.767. The van der Waals surface area contributed by atoms with Crippen LogP contribution >= 0.6 is 0 Å². The average Bonchev–Trinajstić information content (AvgIpc) is 3.17. The van der Waals surface area contributed by atoms with Crippen LogP contribution in [-0.2, 0) is 7.05 Å². The van der Waals surface area contributed by atoms with Crippen LogP contribution in [0.4, 0.5) is 11.6 Å². The number of anilines is 2. The zero-order valence-corrected chi connectivity index (χ0v) is 19.4. The fraction of sp³-hybridized carbons (Fsp3) is 0.269. The Labute approximate surface area is 194 Å². The van der Waals surface area contributed by atoms with Crippen LogP contribution in [-0.4, -0.2) is 57.6 Å². The number of piperazine rings is 1. The molecular weight excluding hydrogens is 410 g/mol. The summed E-state index contributed by atoms with van der Waals surface area (Å²) in [5.74, 6) is 2.75. The van der Waals surface area contributed by atoms with E-state index in [-0.39, 0.29) is 0 Å². The van der Waals surface area contributed by atoms with Gasteiger partial charge in [0.1, 0.15) is 17.5 Å². The zero-order valence-electron chi connectivity index (χ0n) is 19.4. The predicted molar refractivity (Wildman–Crippen MR) is 135 cm³/mol. The molecule has 168 valence electrons. The molecule has 0 atom stereocenters. The van der Waals surface area contributed by atoms with Crippen molar-refractivity contribution >= 4 is 28.1 Å². The standard InChI is InChI=1S/C26H29N7/c1-18(20-7-8-27-26(15-20)33-11-9-31(3)10-12-33)30-25-14-23-13-21(5-6-22(23)16-29-25)24-17-28-19(2)32(24)4/h5-8,13-17H,1,9-12H2,2-4H3,(H,29,30). The number of aryl methyl sites for hydroxylation is 1. The summed E-state index contributed by atoms with van der Waals surface area (Å²) in [5, 5.41) is 5.59. The Morgan fingerprint density at radius 1 is 0.909 bits per heavy atom. The van der Waals surface area contributed by atoms with Crippen LogP contribution in [0.3, 0.4) is 0 Å². The lowest BCUT2D eigenvalue weighted by molar-refractivity contribution is 0.312. The van der Waals surface area contributed by atoms with E-state index in [1.54, 1.807) is 0 Å². The van der Waals surface area contributed by atoms with Crippen LogP contribution in [0.15, 0.2) is 61.6 Å². The smallest absolute Gasteiger partial charge is 0.130 e. The molecule has 0 aliphatic carbocycles. The maximum Gasteiger partial charge on any atom is 0.130 e. The monoisotopic (exact) mass is 439 g/mol. The fourth-order valence-electron chi connectivity index (χ4n) is 4.18.